The number of aromatic nitrogens is 4. The van der Waals surface area contributed by atoms with Crippen molar-refractivity contribution < 1.29 is 4.79 Å². The van der Waals surface area contributed by atoms with Crippen LogP contribution in [-0.2, 0) is 18.8 Å². The van der Waals surface area contributed by atoms with Crippen LogP contribution in [0, 0.1) is 0 Å². The molecule has 0 saturated heterocycles. The van der Waals surface area contributed by atoms with Gasteiger partial charge in [-0.3, -0.25) is 4.79 Å². The first-order valence-corrected chi connectivity index (χ1v) is 12.0. The molecule has 5 aromatic rings. The number of aromatic amines is 1. The summed E-state index contributed by atoms with van der Waals surface area (Å²) >= 11 is 1.60. The van der Waals surface area contributed by atoms with Crippen molar-refractivity contribution in [2.24, 2.45) is 0 Å². The molecule has 2 heterocycles. The summed E-state index contributed by atoms with van der Waals surface area (Å²) in [6, 6.07) is 23.9. The minimum absolute atomic E-state index is 0.00878. The van der Waals surface area contributed by atoms with E-state index in [1.54, 1.807) is 16.7 Å². The molecule has 1 N–H and O–H groups in total. The SMILES string of the molecule is CCn1c(CN(C)C(=O)c2ccccc2CSc2nc3ccccc3[nH]2)nc2ccccc21. The molecule has 0 aliphatic heterocycles. The van der Waals surface area contributed by atoms with Gasteiger partial charge in [0.15, 0.2) is 5.16 Å². The lowest BCUT2D eigenvalue weighted by Gasteiger charge is -2.19. The van der Waals surface area contributed by atoms with E-state index in [-0.39, 0.29) is 5.91 Å². The number of amides is 1. The number of benzene rings is 3. The number of carbonyl (C=O) groups is 1. The summed E-state index contributed by atoms with van der Waals surface area (Å²) in [5, 5.41) is 0.850. The predicted molar refractivity (Wildman–Crippen MR) is 133 cm³/mol. The zero-order chi connectivity index (χ0) is 22.8. The molecule has 33 heavy (non-hydrogen) atoms. The van der Waals surface area contributed by atoms with Crippen LogP contribution >= 0.6 is 11.8 Å². The largest absolute Gasteiger partial charge is 0.334 e. The van der Waals surface area contributed by atoms with Gasteiger partial charge in [0, 0.05) is 24.9 Å². The lowest BCUT2D eigenvalue weighted by molar-refractivity contribution is 0.0779. The predicted octanol–water partition coefficient (Wildman–Crippen LogP) is 5.50. The summed E-state index contributed by atoms with van der Waals surface area (Å²) in [6.45, 7) is 3.36. The molecule has 0 aliphatic rings. The van der Waals surface area contributed by atoms with E-state index in [0.29, 0.717) is 17.9 Å². The molecule has 0 spiro atoms. The second-order valence-corrected chi connectivity index (χ2v) is 8.89. The average molecular weight is 456 g/mol. The first kappa shape index (κ1) is 21.3. The van der Waals surface area contributed by atoms with Crippen LogP contribution in [-0.4, -0.2) is 37.4 Å². The van der Waals surface area contributed by atoms with Crippen LogP contribution in [0.2, 0.25) is 0 Å². The number of aryl methyl sites for hydroxylation is 1. The average Bonchev–Trinajstić information content (AvgIpc) is 3.42. The molecule has 0 atom stereocenters. The quantitative estimate of drug-likeness (QED) is 0.329. The van der Waals surface area contributed by atoms with Crippen LogP contribution < -0.4 is 0 Å². The van der Waals surface area contributed by atoms with Gasteiger partial charge in [-0.1, -0.05) is 54.2 Å². The second kappa shape index (κ2) is 9.11. The summed E-state index contributed by atoms with van der Waals surface area (Å²) < 4.78 is 2.17. The Balaban J connectivity index is 1.34. The van der Waals surface area contributed by atoms with Gasteiger partial charge in [-0.15, -0.1) is 0 Å². The van der Waals surface area contributed by atoms with Crippen LogP contribution in [0.5, 0.6) is 0 Å². The molecule has 0 fully saturated rings. The number of imidazole rings is 2. The molecule has 2 aromatic heterocycles. The molecule has 0 unspecified atom stereocenters. The minimum atomic E-state index is -0.00878. The van der Waals surface area contributed by atoms with E-state index >= 15 is 0 Å². The molecular weight excluding hydrogens is 430 g/mol. The van der Waals surface area contributed by atoms with E-state index in [9.17, 15) is 4.79 Å². The zero-order valence-electron chi connectivity index (χ0n) is 18.7. The van der Waals surface area contributed by atoms with Crippen molar-refractivity contribution in [3.8, 4) is 0 Å². The Hall–Kier alpha value is -3.58. The third-order valence-electron chi connectivity index (χ3n) is 5.75. The molecule has 0 radical (unpaired) electrons. The van der Waals surface area contributed by atoms with Gasteiger partial charge in [0.1, 0.15) is 5.82 Å². The van der Waals surface area contributed by atoms with Crippen LogP contribution in [0.25, 0.3) is 22.1 Å². The molecule has 5 rings (SSSR count). The number of nitrogens with one attached hydrogen (secondary N) is 1. The maximum Gasteiger partial charge on any atom is 0.254 e. The monoisotopic (exact) mass is 455 g/mol. The summed E-state index contributed by atoms with van der Waals surface area (Å²) in [7, 11) is 1.84. The van der Waals surface area contributed by atoms with Gasteiger partial charge in [0.2, 0.25) is 0 Å². The Morgan fingerprint density at radius 1 is 0.970 bits per heavy atom. The molecule has 1 amide bonds. The van der Waals surface area contributed by atoms with Gasteiger partial charge in [0.25, 0.3) is 5.91 Å². The number of fused-ring (bicyclic) bond motifs is 2. The Labute approximate surface area is 196 Å². The number of thioether (sulfide) groups is 1. The fraction of sp³-hybridized carbons (Fsp3) is 0.192. The van der Waals surface area contributed by atoms with E-state index in [2.05, 4.69) is 27.5 Å². The molecule has 3 aromatic carbocycles. The van der Waals surface area contributed by atoms with E-state index in [4.69, 9.17) is 4.98 Å². The summed E-state index contributed by atoms with van der Waals surface area (Å²) in [6.07, 6.45) is 0. The summed E-state index contributed by atoms with van der Waals surface area (Å²) in [5.74, 6) is 1.54. The van der Waals surface area contributed by atoms with E-state index < -0.39 is 0 Å². The Bertz CT molecular complexity index is 1400. The number of carbonyl (C=O) groups excluding carboxylic acids is 1. The lowest BCUT2D eigenvalue weighted by atomic mass is 10.1. The number of nitrogens with zero attached hydrogens (tertiary/aromatic N) is 4. The first-order chi connectivity index (χ1) is 16.1. The molecule has 0 aliphatic carbocycles. The van der Waals surface area contributed by atoms with Crippen LogP contribution in [0.3, 0.4) is 0 Å². The topological polar surface area (TPSA) is 66.8 Å². The molecule has 0 saturated carbocycles. The highest BCUT2D eigenvalue weighted by Crippen LogP contribution is 2.25. The van der Waals surface area contributed by atoms with Crippen molar-refractivity contribution in [2.45, 2.75) is 30.9 Å². The van der Waals surface area contributed by atoms with E-state index in [0.717, 1.165) is 45.2 Å². The van der Waals surface area contributed by atoms with E-state index in [1.165, 1.54) is 0 Å². The highest BCUT2D eigenvalue weighted by molar-refractivity contribution is 7.98. The van der Waals surface area contributed by atoms with Gasteiger partial charge < -0.3 is 14.5 Å². The summed E-state index contributed by atoms with van der Waals surface area (Å²) in [5.41, 5.74) is 5.72. The fourth-order valence-electron chi connectivity index (χ4n) is 4.09. The number of rotatable bonds is 7. The summed E-state index contributed by atoms with van der Waals surface area (Å²) in [4.78, 5) is 27.9. The van der Waals surface area contributed by atoms with Gasteiger partial charge >= 0.3 is 0 Å². The normalized spacial score (nSPS) is 11.3. The molecule has 0 bridgehead atoms. The minimum Gasteiger partial charge on any atom is -0.334 e. The number of para-hydroxylation sites is 4. The van der Waals surface area contributed by atoms with Gasteiger partial charge in [0.05, 0.1) is 28.6 Å². The molecule has 166 valence electrons. The van der Waals surface area contributed by atoms with Crippen molar-refractivity contribution >= 4 is 39.7 Å². The smallest absolute Gasteiger partial charge is 0.254 e. The molecule has 7 heteroatoms. The highest BCUT2D eigenvalue weighted by atomic mass is 32.2. The van der Waals surface area contributed by atoms with Gasteiger partial charge in [-0.05, 0) is 42.8 Å². The van der Waals surface area contributed by atoms with Crippen molar-refractivity contribution in [3.05, 3.63) is 89.7 Å². The zero-order valence-corrected chi connectivity index (χ0v) is 19.5. The fourth-order valence-corrected chi connectivity index (χ4v) is 4.98. The third kappa shape index (κ3) is 4.24. The second-order valence-electron chi connectivity index (χ2n) is 7.93. The Morgan fingerprint density at radius 3 is 2.52 bits per heavy atom. The van der Waals surface area contributed by atoms with Gasteiger partial charge in [-0.2, -0.15) is 0 Å². The maximum atomic E-state index is 13.4. The highest BCUT2D eigenvalue weighted by Gasteiger charge is 2.19. The van der Waals surface area contributed by atoms with Gasteiger partial charge in [-0.25, -0.2) is 9.97 Å². The standard InChI is InChI=1S/C26H25N5OS/c1-3-31-23-15-9-8-14-22(23)27-24(31)16-30(2)25(32)19-11-5-4-10-18(19)17-33-26-28-20-12-6-7-13-21(20)29-26/h4-15H,3,16-17H2,1-2H3,(H,28,29). The van der Waals surface area contributed by atoms with Crippen molar-refractivity contribution in [1.82, 2.24) is 24.4 Å². The first-order valence-electron chi connectivity index (χ1n) is 11.0. The Kier molecular flexibility index (Phi) is 5.88. The number of hydrogen-bond acceptors (Lipinski definition) is 4. The van der Waals surface area contributed by atoms with Crippen LogP contribution in [0.1, 0.15) is 28.7 Å². The van der Waals surface area contributed by atoms with Crippen molar-refractivity contribution in [1.29, 1.82) is 0 Å². The maximum absolute atomic E-state index is 13.4. The lowest BCUT2D eigenvalue weighted by Crippen LogP contribution is -2.28. The van der Waals surface area contributed by atoms with Crippen molar-refractivity contribution in [3.63, 3.8) is 0 Å². The van der Waals surface area contributed by atoms with Crippen molar-refractivity contribution in [2.75, 3.05) is 7.05 Å². The molecule has 6 nitrogen and oxygen atoms in total. The van der Waals surface area contributed by atoms with E-state index in [1.807, 2.05) is 73.8 Å². The molecular formula is C26H25N5OS. The number of H-pyrrole nitrogens is 1. The third-order valence-corrected chi connectivity index (χ3v) is 6.68. The van der Waals surface area contributed by atoms with Crippen LogP contribution in [0.4, 0.5) is 0 Å². The number of hydrogen-bond donors (Lipinski definition) is 1. The van der Waals surface area contributed by atoms with Crippen LogP contribution in [0.15, 0.2) is 78.0 Å². The Morgan fingerprint density at radius 2 is 1.70 bits per heavy atom.